The maximum Gasteiger partial charge on any atom is 0.412 e. The molecule has 1 aliphatic carbocycles. The molecule has 6 heteroatoms. The maximum atomic E-state index is 14.0. The van der Waals surface area contributed by atoms with Crippen LogP contribution >= 0.6 is 0 Å². The Labute approximate surface area is 136 Å². The third-order valence-corrected chi connectivity index (χ3v) is 3.69. The molecule has 0 aliphatic heterocycles. The fourth-order valence-electron chi connectivity index (χ4n) is 2.71. The van der Waals surface area contributed by atoms with Gasteiger partial charge in [-0.15, -0.1) is 0 Å². The zero-order chi connectivity index (χ0) is 17.0. The van der Waals surface area contributed by atoms with E-state index in [0.717, 1.165) is 25.7 Å². The number of nitrogens with two attached hydrogens (primary N) is 1. The van der Waals surface area contributed by atoms with E-state index in [4.69, 9.17) is 10.5 Å². The monoisotopic (exact) mass is 323 g/mol. The summed E-state index contributed by atoms with van der Waals surface area (Å²) in [7, 11) is 0. The lowest BCUT2D eigenvalue weighted by Crippen LogP contribution is -2.35. The molecule has 0 aromatic heterocycles. The summed E-state index contributed by atoms with van der Waals surface area (Å²) >= 11 is 0. The van der Waals surface area contributed by atoms with E-state index in [-0.39, 0.29) is 17.9 Å². The van der Waals surface area contributed by atoms with Gasteiger partial charge < -0.3 is 15.8 Å². The van der Waals surface area contributed by atoms with Crippen molar-refractivity contribution in [1.82, 2.24) is 0 Å². The molecule has 128 valence electrons. The van der Waals surface area contributed by atoms with Gasteiger partial charge in [-0.05, 0) is 64.7 Å². The smallest absolute Gasteiger partial charge is 0.412 e. The topological polar surface area (TPSA) is 76.4 Å². The van der Waals surface area contributed by atoms with Crippen LogP contribution in [0.15, 0.2) is 18.2 Å². The summed E-state index contributed by atoms with van der Waals surface area (Å²) < 4.78 is 19.2. The van der Waals surface area contributed by atoms with Crippen molar-refractivity contribution in [3.8, 4) is 0 Å². The normalized spacial score (nSPS) is 21.6. The molecular formula is C17H26FN3O2. The summed E-state index contributed by atoms with van der Waals surface area (Å²) in [5.74, 6) is -0.348. The van der Waals surface area contributed by atoms with E-state index in [0.29, 0.717) is 11.4 Å². The lowest BCUT2D eigenvalue weighted by atomic mass is 9.91. The minimum absolute atomic E-state index is 0.157. The van der Waals surface area contributed by atoms with E-state index in [1.54, 1.807) is 26.8 Å². The molecule has 2 unspecified atom stereocenters. The number of hydrogen-bond donors (Lipinski definition) is 3. The molecule has 1 fully saturated rings. The lowest BCUT2D eigenvalue weighted by Gasteiger charge is -2.28. The van der Waals surface area contributed by atoms with Gasteiger partial charge in [-0.25, -0.2) is 9.18 Å². The summed E-state index contributed by atoms with van der Waals surface area (Å²) in [6.45, 7) is 5.36. The van der Waals surface area contributed by atoms with Gasteiger partial charge in [-0.3, -0.25) is 5.32 Å². The predicted molar refractivity (Wildman–Crippen MR) is 90.1 cm³/mol. The van der Waals surface area contributed by atoms with Gasteiger partial charge >= 0.3 is 6.09 Å². The van der Waals surface area contributed by atoms with Crippen LogP contribution < -0.4 is 16.4 Å². The van der Waals surface area contributed by atoms with Crippen LogP contribution in [-0.2, 0) is 4.74 Å². The predicted octanol–water partition coefficient (Wildman–Crippen LogP) is 3.85. The third kappa shape index (κ3) is 5.71. The molecule has 1 aromatic carbocycles. The van der Waals surface area contributed by atoms with Crippen LogP contribution in [0.3, 0.4) is 0 Å². The number of anilines is 2. The lowest BCUT2D eigenvalue weighted by molar-refractivity contribution is 0.0636. The molecule has 0 radical (unpaired) electrons. The number of amides is 1. The highest BCUT2D eigenvalue weighted by Crippen LogP contribution is 2.25. The largest absolute Gasteiger partial charge is 0.444 e. The second kappa shape index (κ2) is 7.17. The fourth-order valence-corrected chi connectivity index (χ4v) is 2.71. The molecule has 0 bridgehead atoms. The molecule has 23 heavy (non-hydrogen) atoms. The highest BCUT2D eigenvalue weighted by Gasteiger charge is 2.20. The Morgan fingerprint density at radius 2 is 2.09 bits per heavy atom. The molecule has 0 heterocycles. The first kappa shape index (κ1) is 17.5. The van der Waals surface area contributed by atoms with Gasteiger partial charge in [0, 0.05) is 17.8 Å². The number of rotatable bonds is 3. The zero-order valence-electron chi connectivity index (χ0n) is 14.0. The van der Waals surface area contributed by atoms with Crippen LogP contribution in [-0.4, -0.2) is 23.8 Å². The number of carbonyl (C=O) groups is 1. The Kier molecular flexibility index (Phi) is 5.46. The zero-order valence-corrected chi connectivity index (χ0v) is 14.0. The van der Waals surface area contributed by atoms with Gasteiger partial charge in [-0.2, -0.15) is 0 Å². The number of nitrogens with one attached hydrogen (secondary N) is 2. The maximum absolute atomic E-state index is 14.0. The van der Waals surface area contributed by atoms with E-state index in [1.807, 2.05) is 0 Å². The first-order valence-corrected chi connectivity index (χ1v) is 8.04. The van der Waals surface area contributed by atoms with Crippen molar-refractivity contribution in [3.05, 3.63) is 24.0 Å². The number of hydrogen-bond acceptors (Lipinski definition) is 4. The van der Waals surface area contributed by atoms with E-state index < -0.39 is 11.7 Å². The number of ether oxygens (including phenoxy) is 1. The molecule has 1 saturated carbocycles. The highest BCUT2D eigenvalue weighted by atomic mass is 19.1. The highest BCUT2D eigenvalue weighted by molar-refractivity contribution is 5.85. The Hall–Kier alpha value is -1.82. The van der Waals surface area contributed by atoms with Gasteiger partial charge in [-0.1, -0.05) is 0 Å². The second-order valence-corrected chi connectivity index (χ2v) is 7.09. The van der Waals surface area contributed by atoms with Crippen LogP contribution in [0.4, 0.5) is 20.6 Å². The van der Waals surface area contributed by atoms with Crippen LogP contribution in [0.1, 0.15) is 46.5 Å². The molecular weight excluding hydrogens is 297 g/mol. The molecule has 0 spiro atoms. The first-order valence-electron chi connectivity index (χ1n) is 8.04. The Morgan fingerprint density at radius 3 is 2.74 bits per heavy atom. The van der Waals surface area contributed by atoms with Crippen LogP contribution in [0.5, 0.6) is 0 Å². The summed E-state index contributed by atoms with van der Waals surface area (Å²) in [6, 6.07) is 4.74. The van der Waals surface area contributed by atoms with Crippen molar-refractivity contribution in [2.24, 2.45) is 5.73 Å². The van der Waals surface area contributed by atoms with Gasteiger partial charge in [0.2, 0.25) is 0 Å². The van der Waals surface area contributed by atoms with Crippen LogP contribution in [0.25, 0.3) is 0 Å². The third-order valence-electron chi connectivity index (χ3n) is 3.69. The molecule has 1 aliphatic rings. The summed E-state index contributed by atoms with van der Waals surface area (Å²) in [5, 5.41) is 5.81. The Balaban J connectivity index is 2.02. The Morgan fingerprint density at radius 1 is 1.35 bits per heavy atom. The van der Waals surface area contributed by atoms with E-state index in [1.165, 1.54) is 12.1 Å². The molecule has 2 atom stereocenters. The molecule has 1 amide bonds. The van der Waals surface area contributed by atoms with E-state index in [9.17, 15) is 9.18 Å². The van der Waals surface area contributed by atoms with Gasteiger partial charge in [0.25, 0.3) is 0 Å². The summed E-state index contributed by atoms with van der Waals surface area (Å²) in [5.41, 5.74) is 6.25. The fraction of sp³-hybridized carbons (Fsp3) is 0.588. The number of carbonyl (C=O) groups excluding carboxylic acids is 1. The van der Waals surface area contributed by atoms with Crippen LogP contribution in [0.2, 0.25) is 0 Å². The molecule has 1 aromatic rings. The second-order valence-electron chi connectivity index (χ2n) is 7.09. The summed E-state index contributed by atoms with van der Waals surface area (Å²) in [6.07, 6.45) is 3.28. The SMILES string of the molecule is CC(C)(C)OC(=O)Nc1ccc(F)c(NC2CCCC(N)C2)c1. The molecule has 5 nitrogen and oxygen atoms in total. The van der Waals surface area contributed by atoms with Crippen molar-refractivity contribution < 1.29 is 13.9 Å². The van der Waals surface area contributed by atoms with E-state index in [2.05, 4.69) is 10.6 Å². The molecule has 4 N–H and O–H groups in total. The van der Waals surface area contributed by atoms with Crippen molar-refractivity contribution in [2.45, 2.75) is 64.1 Å². The Bertz CT molecular complexity index is 557. The van der Waals surface area contributed by atoms with Crippen molar-refractivity contribution in [1.29, 1.82) is 0 Å². The minimum atomic E-state index is -0.580. The van der Waals surface area contributed by atoms with Gasteiger partial charge in [0.1, 0.15) is 11.4 Å². The van der Waals surface area contributed by atoms with Crippen molar-refractivity contribution in [2.75, 3.05) is 10.6 Å². The molecule has 2 rings (SSSR count). The first-order chi connectivity index (χ1) is 10.7. The van der Waals surface area contributed by atoms with E-state index >= 15 is 0 Å². The average molecular weight is 323 g/mol. The number of halogens is 1. The van der Waals surface area contributed by atoms with Gasteiger partial charge in [0.05, 0.1) is 5.69 Å². The van der Waals surface area contributed by atoms with Crippen molar-refractivity contribution >= 4 is 17.5 Å². The van der Waals surface area contributed by atoms with Gasteiger partial charge in [0.15, 0.2) is 0 Å². The minimum Gasteiger partial charge on any atom is -0.444 e. The summed E-state index contributed by atoms with van der Waals surface area (Å²) in [4.78, 5) is 11.8. The standard InChI is InChI=1S/C17H26FN3O2/c1-17(2,3)23-16(22)21-13-7-8-14(18)15(10-13)20-12-6-4-5-11(19)9-12/h7-8,10-12,20H,4-6,9,19H2,1-3H3,(H,21,22). The quantitative estimate of drug-likeness (QED) is 0.789. The molecule has 0 saturated heterocycles. The number of benzene rings is 1. The average Bonchev–Trinajstić information content (AvgIpc) is 2.40. The van der Waals surface area contributed by atoms with Crippen molar-refractivity contribution in [3.63, 3.8) is 0 Å². The van der Waals surface area contributed by atoms with Crippen LogP contribution in [0, 0.1) is 5.82 Å².